The van der Waals surface area contributed by atoms with E-state index in [1.165, 1.54) is 18.4 Å². The van der Waals surface area contributed by atoms with Crippen LogP contribution in [0, 0.1) is 0 Å². The van der Waals surface area contributed by atoms with Gasteiger partial charge >= 0.3 is 0 Å². The summed E-state index contributed by atoms with van der Waals surface area (Å²) >= 11 is 0. The molecule has 0 atom stereocenters. The maximum atomic E-state index is 11.4. The van der Waals surface area contributed by atoms with Crippen LogP contribution in [0.3, 0.4) is 0 Å². The summed E-state index contributed by atoms with van der Waals surface area (Å²) < 4.78 is 2.09. The second-order valence-corrected chi connectivity index (χ2v) is 4.95. The Morgan fingerprint density at radius 2 is 2.29 bits per heavy atom. The number of rotatable bonds is 6. The topological polar surface area (TPSA) is 37.3 Å². The van der Waals surface area contributed by atoms with Crippen molar-refractivity contribution in [2.75, 3.05) is 14.1 Å². The molecule has 1 aliphatic rings. The van der Waals surface area contributed by atoms with E-state index in [0.29, 0.717) is 6.42 Å². The van der Waals surface area contributed by atoms with Crippen LogP contribution in [-0.4, -0.2) is 35.5 Å². The van der Waals surface area contributed by atoms with Gasteiger partial charge in [0.25, 0.3) is 0 Å². The lowest BCUT2D eigenvalue weighted by molar-refractivity contribution is -0.128. The molecular weight excluding hydrogens is 214 g/mol. The van der Waals surface area contributed by atoms with Gasteiger partial charge < -0.3 is 14.8 Å². The monoisotopic (exact) mass is 235 g/mol. The zero-order valence-corrected chi connectivity index (χ0v) is 10.6. The van der Waals surface area contributed by atoms with E-state index >= 15 is 0 Å². The summed E-state index contributed by atoms with van der Waals surface area (Å²) in [6.45, 7) is 1.71. The molecule has 17 heavy (non-hydrogen) atoms. The second-order valence-electron chi connectivity index (χ2n) is 4.95. The lowest BCUT2D eigenvalue weighted by Crippen LogP contribution is -2.22. The lowest BCUT2D eigenvalue weighted by Gasteiger charge is -2.10. The van der Waals surface area contributed by atoms with Crippen LogP contribution in [0.1, 0.15) is 24.8 Å². The Balaban J connectivity index is 1.74. The molecule has 94 valence electrons. The fourth-order valence-electron chi connectivity index (χ4n) is 1.73. The van der Waals surface area contributed by atoms with Crippen molar-refractivity contribution in [2.24, 2.45) is 0 Å². The second kappa shape index (κ2) is 5.36. The van der Waals surface area contributed by atoms with Gasteiger partial charge in [-0.2, -0.15) is 0 Å². The third-order valence-electron chi connectivity index (χ3n) is 3.07. The average Bonchev–Trinajstić information content (AvgIpc) is 3.02. The minimum atomic E-state index is 0.177. The van der Waals surface area contributed by atoms with E-state index in [0.717, 1.165) is 19.1 Å². The summed E-state index contributed by atoms with van der Waals surface area (Å²) in [4.78, 5) is 13.1. The molecule has 0 unspecified atom stereocenters. The molecule has 1 aromatic rings. The van der Waals surface area contributed by atoms with Gasteiger partial charge in [-0.3, -0.25) is 4.79 Å². The van der Waals surface area contributed by atoms with Gasteiger partial charge in [-0.25, -0.2) is 0 Å². The van der Waals surface area contributed by atoms with E-state index in [2.05, 4.69) is 22.1 Å². The van der Waals surface area contributed by atoms with Gasteiger partial charge in [0, 0.05) is 52.0 Å². The molecule has 4 nitrogen and oxygen atoms in total. The fourth-order valence-corrected chi connectivity index (χ4v) is 1.73. The standard InChI is InChI=1S/C13H21N3O/c1-15(2)13(17)6-8-16-7-5-11(10-16)9-14-12-3-4-12/h5,7,10,12,14H,3-4,6,8-9H2,1-2H3. The highest BCUT2D eigenvalue weighted by molar-refractivity contribution is 5.75. The third kappa shape index (κ3) is 3.89. The fraction of sp³-hybridized carbons (Fsp3) is 0.615. The predicted molar refractivity (Wildman–Crippen MR) is 67.6 cm³/mol. The van der Waals surface area contributed by atoms with E-state index in [4.69, 9.17) is 0 Å². The van der Waals surface area contributed by atoms with Gasteiger partial charge in [0.15, 0.2) is 0 Å². The molecule has 0 spiro atoms. The first-order valence-corrected chi connectivity index (χ1v) is 6.23. The molecule has 1 aromatic heterocycles. The number of nitrogens with zero attached hydrogens (tertiary/aromatic N) is 2. The largest absolute Gasteiger partial charge is 0.353 e. The maximum absolute atomic E-state index is 11.4. The third-order valence-corrected chi connectivity index (χ3v) is 3.07. The smallest absolute Gasteiger partial charge is 0.223 e. The number of amides is 1. The van der Waals surface area contributed by atoms with Crippen molar-refractivity contribution < 1.29 is 4.79 Å². The van der Waals surface area contributed by atoms with Crippen LogP contribution < -0.4 is 5.32 Å². The van der Waals surface area contributed by atoms with E-state index in [9.17, 15) is 4.79 Å². The number of carbonyl (C=O) groups is 1. The van der Waals surface area contributed by atoms with Crippen LogP contribution in [0.4, 0.5) is 0 Å². The summed E-state index contributed by atoms with van der Waals surface area (Å²) in [7, 11) is 3.59. The SMILES string of the molecule is CN(C)C(=O)CCn1ccc(CNC2CC2)c1. The maximum Gasteiger partial charge on any atom is 0.223 e. The number of aromatic nitrogens is 1. The Hall–Kier alpha value is -1.29. The number of nitrogens with one attached hydrogen (secondary N) is 1. The molecule has 1 aliphatic carbocycles. The van der Waals surface area contributed by atoms with Gasteiger partial charge in [0.1, 0.15) is 0 Å². The van der Waals surface area contributed by atoms with E-state index < -0.39 is 0 Å². The number of hydrogen-bond acceptors (Lipinski definition) is 2. The van der Waals surface area contributed by atoms with Crippen molar-refractivity contribution in [1.29, 1.82) is 0 Å². The summed E-state index contributed by atoms with van der Waals surface area (Å²) in [6, 6.07) is 2.86. The van der Waals surface area contributed by atoms with Crippen LogP contribution in [0.15, 0.2) is 18.5 Å². The van der Waals surface area contributed by atoms with Crippen LogP contribution in [0.2, 0.25) is 0 Å². The Kier molecular flexibility index (Phi) is 3.84. The first kappa shape index (κ1) is 12.2. The van der Waals surface area contributed by atoms with Gasteiger partial charge in [0.05, 0.1) is 0 Å². The van der Waals surface area contributed by atoms with Crippen molar-refractivity contribution in [1.82, 2.24) is 14.8 Å². The van der Waals surface area contributed by atoms with Crippen molar-refractivity contribution in [3.63, 3.8) is 0 Å². The van der Waals surface area contributed by atoms with Crippen LogP contribution in [0.5, 0.6) is 0 Å². The molecule has 1 heterocycles. The van der Waals surface area contributed by atoms with Crippen LogP contribution >= 0.6 is 0 Å². The predicted octanol–water partition coefficient (Wildman–Crippen LogP) is 1.22. The molecule has 0 bridgehead atoms. The molecule has 1 N–H and O–H groups in total. The van der Waals surface area contributed by atoms with Gasteiger partial charge in [-0.05, 0) is 24.5 Å². The van der Waals surface area contributed by atoms with Gasteiger partial charge in [-0.15, -0.1) is 0 Å². The molecule has 0 saturated heterocycles. The summed E-state index contributed by atoms with van der Waals surface area (Å²) in [5.74, 6) is 0.177. The Morgan fingerprint density at radius 3 is 2.94 bits per heavy atom. The Morgan fingerprint density at radius 1 is 1.53 bits per heavy atom. The van der Waals surface area contributed by atoms with E-state index in [-0.39, 0.29) is 5.91 Å². The first-order chi connectivity index (χ1) is 8.15. The lowest BCUT2D eigenvalue weighted by atomic mass is 10.3. The molecule has 0 aliphatic heterocycles. The minimum Gasteiger partial charge on any atom is -0.353 e. The molecule has 4 heteroatoms. The van der Waals surface area contributed by atoms with Crippen molar-refractivity contribution in [2.45, 2.75) is 38.4 Å². The molecular formula is C13H21N3O. The summed E-state index contributed by atoms with van der Waals surface area (Å²) in [6.07, 6.45) is 7.37. The van der Waals surface area contributed by atoms with E-state index in [1.54, 1.807) is 19.0 Å². The summed E-state index contributed by atoms with van der Waals surface area (Å²) in [5.41, 5.74) is 1.30. The quantitative estimate of drug-likeness (QED) is 0.805. The Labute approximate surface area is 103 Å². The van der Waals surface area contributed by atoms with Gasteiger partial charge in [-0.1, -0.05) is 0 Å². The normalized spacial score (nSPS) is 14.9. The summed E-state index contributed by atoms with van der Waals surface area (Å²) in [5, 5.41) is 3.48. The zero-order valence-electron chi connectivity index (χ0n) is 10.6. The first-order valence-electron chi connectivity index (χ1n) is 6.23. The van der Waals surface area contributed by atoms with E-state index in [1.807, 2.05) is 6.20 Å². The molecule has 1 fully saturated rings. The highest BCUT2D eigenvalue weighted by atomic mass is 16.2. The molecule has 0 radical (unpaired) electrons. The number of hydrogen-bond donors (Lipinski definition) is 1. The van der Waals surface area contributed by atoms with Gasteiger partial charge in [0.2, 0.25) is 5.91 Å². The van der Waals surface area contributed by atoms with Crippen molar-refractivity contribution >= 4 is 5.91 Å². The number of carbonyl (C=O) groups excluding carboxylic acids is 1. The zero-order chi connectivity index (χ0) is 12.3. The van der Waals surface area contributed by atoms with Crippen LogP contribution in [0.25, 0.3) is 0 Å². The molecule has 2 rings (SSSR count). The average molecular weight is 235 g/mol. The van der Waals surface area contributed by atoms with Crippen molar-refractivity contribution in [3.8, 4) is 0 Å². The molecule has 0 aromatic carbocycles. The van der Waals surface area contributed by atoms with Crippen LogP contribution in [-0.2, 0) is 17.9 Å². The molecule has 1 saturated carbocycles. The highest BCUT2D eigenvalue weighted by Gasteiger charge is 2.19. The minimum absolute atomic E-state index is 0.177. The molecule has 1 amide bonds. The number of aryl methyl sites for hydroxylation is 1. The highest BCUT2D eigenvalue weighted by Crippen LogP contribution is 2.19. The van der Waals surface area contributed by atoms with Crippen molar-refractivity contribution in [3.05, 3.63) is 24.0 Å². The Bertz CT molecular complexity index is 380.